The minimum Gasteiger partial charge on any atom is -0.327 e. The molecule has 1 heterocycles. The Morgan fingerprint density at radius 1 is 1.54 bits per heavy atom. The van der Waals surface area contributed by atoms with Crippen molar-refractivity contribution in [2.45, 2.75) is 12.3 Å². The Bertz CT molecular complexity index is 280. The molecule has 0 spiro atoms. The highest BCUT2D eigenvalue weighted by atomic mass is 19.4. The molecule has 1 aromatic heterocycles. The van der Waals surface area contributed by atoms with Gasteiger partial charge in [0.2, 0.25) is 0 Å². The van der Waals surface area contributed by atoms with Gasteiger partial charge >= 0.3 is 6.18 Å². The number of aromatic amines is 1. The van der Waals surface area contributed by atoms with Crippen molar-refractivity contribution in [3.05, 3.63) is 17.5 Å². The Hall–Kier alpha value is -1.11. The van der Waals surface area contributed by atoms with Crippen LogP contribution in [0.25, 0.3) is 0 Å². The van der Waals surface area contributed by atoms with E-state index in [-0.39, 0.29) is 0 Å². The smallest absolute Gasteiger partial charge is 0.327 e. The van der Waals surface area contributed by atoms with Gasteiger partial charge in [0, 0.05) is 12.1 Å². The van der Waals surface area contributed by atoms with Gasteiger partial charge in [0.05, 0.1) is 6.20 Å². The number of halogens is 4. The fraction of sp³-hybridized carbons (Fsp3) is 0.500. The lowest BCUT2D eigenvalue weighted by Gasteiger charge is -2.08. The average molecular weight is 197 g/mol. The minimum absolute atomic E-state index is 0.497. The Morgan fingerprint density at radius 2 is 2.15 bits per heavy atom. The first kappa shape index (κ1) is 9.97. The molecule has 1 unspecified atom stereocenters. The van der Waals surface area contributed by atoms with E-state index in [0.29, 0.717) is 0 Å². The van der Waals surface area contributed by atoms with E-state index in [2.05, 4.69) is 5.10 Å². The Morgan fingerprint density at radius 3 is 2.62 bits per heavy atom. The summed E-state index contributed by atoms with van der Waals surface area (Å²) in [6.45, 7) is -0.497. The number of hydrogen-bond donors (Lipinski definition) is 2. The molecule has 0 aliphatic carbocycles. The first-order valence-electron chi connectivity index (χ1n) is 3.41. The average Bonchev–Trinajstić information content (AvgIpc) is 2.49. The summed E-state index contributed by atoms with van der Waals surface area (Å²) in [5.74, 6) is 0. The maximum Gasteiger partial charge on any atom is 0.433 e. The molecule has 0 amide bonds. The standard InChI is InChI=1S/C6H7F4N3/c7-4(1-11)3-2-12-13-5(3)6(8,9)10/h2,4H,1,11H2,(H,12,13). The third kappa shape index (κ3) is 1.97. The summed E-state index contributed by atoms with van der Waals surface area (Å²) < 4.78 is 49.1. The summed E-state index contributed by atoms with van der Waals surface area (Å²) in [7, 11) is 0. The van der Waals surface area contributed by atoms with Crippen LogP contribution in [0.15, 0.2) is 6.20 Å². The number of nitrogens with zero attached hydrogens (tertiary/aromatic N) is 1. The lowest BCUT2D eigenvalue weighted by Crippen LogP contribution is -2.14. The van der Waals surface area contributed by atoms with Crippen LogP contribution in [0.2, 0.25) is 0 Å². The molecule has 13 heavy (non-hydrogen) atoms. The number of alkyl halides is 4. The fourth-order valence-electron chi connectivity index (χ4n) is 0.887. The topological polar surface area (TPSA) is 54.7 Å². The van der Waals surface area contributed by atoms with E-state index in [4.69, 9.17) is 5.73 Å². The molecule has 0 saturated heterocycles. The second-order valence-electron chi connectivity index (χ2n) is 2.40. The summed E-state index contributed by atoms with van der Waals surface area (Å²) >= 11 is 0. The quantitative estimate of drug-likeness (QED) is 0.704. The van der Waals surface area contributed by atoms with E-state index in [9.17, 15) is 17.6 Å². The lowest BCUT2D eigenvalue weighted by atomic mass is 10.1. The monoisotopic (exact) mass is 197 g/mol. The van der Waals surface area contributed by atoms with E-state index >= 15 is 0 Å². The molecule has 1 aromatic rings. The van der Waals surface area contributed by atoms with Gasteiger partial charge in [-0.1, -0.05) is 0 Å². The van der Waals surface area contributed by atoms with Crippen molar-refractivity contribution < 1.29 is 17.6 Å². The van der Waals surface area contributed by atoms with Gasteiger partial charge in [0.25, 0.3) is 0 Å². The van der Waals surface area contributed by atoms with E-state index < -0.39 is 30.2 Å². The van der Waals surface area contributed by atoms with Gasteiger partial charge in [-0.2, -0.15) is 18.3 Å². The number of nitrogens with one attached hydrogen (secondary N) is 1. The van der Waals surface area contributed by atoms with Crippen LogP contribution in [0.4, 0.5) is 17.6 Å². The van der Waals surface area contributed by atoms with Crippen molar-refractivity contribution in [1.29, 1.82) is 0 Å². The number of nitrogens with two attached hydrogens (primary N) is 1. The highest BCUT2D eigenvalue weighted by molar-refractivity contribution is 5.22. The van der Waals surface area contributed by atoms with Crippen LogP contribution >= 0.6 is 0 Å². The third-order valence-corrected chi connectivity index (χ3v) is 1.50. The first-order valence-corrected chi connectivity index (χ1v) is 3.41. The predicted molar refractivity (Wildman–Crippen MR) is 36.5 cm³/mol. The van der Waals surface area contributed by atoms with Gasteiger partial charge in [-0.25, -0.2) is 4.39 Å². The fourth-order valence-corrected chi connectivity index (χ4v) is 0.887. The van der Waals surface area contributed by atoms with Crippen LogP contribution in [0.3, 0.4) is 0 Å². The summed E-state index contributed by atoms with van der Waals surface area (Å²) in [5.41, 5.74) is 3.17. The van der Waals surface area contributed by atoms with Crippen molar-refractivity contribution in [3.63, 3.8) is 0 Å². The summed E-state index contributed by atoms with van der Waals surface area (Å²) in [4.78, 5) is 0. The molecule has 1 rings (SSSR count). The van der Waals surface area contributed by atoms with E-state index in [0.717, 1.165) is 6.20 Å². The third-order valence-electron chi connectivity index (χ3n) is 1.50. The van der Waals surface area contributed by atoms with Crippen LogP contribution in [-0.2, 0) is 6.18 Å². The molecule has 0 saturated carbocycles. The SMILES string of the molecule is NCC(F)c1cn[nH]c1C(F)(F)F. The van der Waals surface area contributed by atoms with Gasteiger partial charge in [-0.3, -0.25) is 5.10 Å². The van der Waals surface area contributed by atoms with Crippen LogP contribution in [0, 0.1) is 0 Å². The second kappa shape index (κ2) is 3.33. The number of hydrogen-bond acceptors (Lipinski definition) is 2. The zero-order chi connectivity index (χ0) is 10.1. The largest absolute Gasteiger partial charge is 0.433 e. The Kier molecular flexibility index (Phi) is 2.55. The predicted octanol–water partition coefficient (Wildman–Crippen LogP) is 1.40. The van der Waals surface area contributed by atoms with Gasteiger partial charge in [-0.15, -0.1) is 0 Å². The van der Waals surface area contributed by atoms with E-state index in [1.54, 1.807) is 5.10 Å². The molecule has 0 bridgehead atoms. The first-order chi connectivity index (χ1) is 5.96. The van der Waals surface area contributed by atoms with E-state index in [1.807, 2.05) is 0 Å². The van der Waals surface area contributed by atoms with Gasteiger partial charge in [0.1, 0.15) is 11.9 Å². The molecule has 3 nitrogen and oxygen atoms in total. The zero-order valence-corrected chi connectivity index (χ0v) is 6.40. The summed E-state index contributed by atoms with van der Waals surface area (Å²) in [6.07, 6.45) is -5.67. The van der Waals surface area contributed by atoms with E-state index in [1.165, 1.54) is 0 Å². The number of aromatic nitrogens is 2. The van der Waals surface area contributed by atoms with Crippen LogP contribution in [0.1, 0.15) is 17.4 Å². The van der Waals surface area contributed by atoms with Crippen molar-refractivity contribution >= 4 is 0 Å². The summed E-state index contributed by atoms with van der Waals surface area (Å²) in [6, 6.07) is 0. The van der Waals surface area contributed by atoms with Crippen molar-refractivity contribution in [3.8, 4) is 0 Å². The number of H-pyrrole nitrogens is 1. The maximum absolute atomic E-state index is 12.8. The molecule has 0 aliphatic heterocycles. The molecular formula is C6H7F4N3. The van der Waals surface area contributed by atoms with Crippen LogP contribution < -0.4 is 5.73 Å². The Labute approximate surface area is 70.9 Å². The number of rotatable bonds is 2. The minimum atomic E-state index is -4.62. The molecule has 0 aromatic carbocycles. The second-order valence-corrected chi connectivity index (χ2v) is 2.40. The molecule has 7 heteroatoms. The zero-order valence-electron chi connectivity index (χ0n) is 6.40. The normalized spacial score (nSPS) is 14.5. The van der Waals surface area contributed by atoms with Gasteiger partial charge in [0.15, 0.2) is 0 Å². The van der Waals surface area contributed by atoms with Crippen LogP contribution in [0.5, 0.6) is 0 Å². The highest BCUT2D eigenvalue weighted by Crippen LogP contribution is 2.33. The molecule has 0 radical (unpaired) electrons. The molecule has 3 N–H and O–H groups in total. The van der Waals surface area contributed by atoms with Crippen molar-refractivity contribution in [1.82, 2.24) is 10.2 Å². The highest BCUT2D eigenvalue weighted by Gasteiger charge is 2.37. The molecule has 74 valence electrons. The summed E-state index contributed by atoms with van der Waals surface area (Å²) in [5, 5.41) is 4.81. The van der Waals surface area contributed by atoms with Crippen LogP contribution in [-0.4, -0.2) is 16.7 Å². The maximum atomic E-state index is 12.8. The molecular weight excluding hydrogens is 190 g/mol. The van der Waals surface area contributed by atoms with Gasteiger partial charge in [-0.05, 0) is 0 Å². The molecule has 0 aliphatic rings. The van der Waals surface area contributed by atoms with Gasteiger partial charge < -0.3 is 5.73 Å². The molecule has 1 atom stereocenters. The lowest BCUT2D eigenvalue weighted by molar-refractivity contribution is -0.142. The Balaban J connectivity index is 3.03. The van der Waals surface area contributed by atoms with Crippen molar-refractivity contribution in [2.24, 2.45) is 5.73 Å². The molecule has 0 fully saturated rings. The van der Waals surface area contributed by atoms with Crippen molar-refractivity contribution in [2.75, 3.05) is 6.54 Å².